The summed E-state index contributed by atoms with van der Waals surface area (Å²) in [5.74, 6) is -4.35. The molecule has 1 aliphatic heterocycles. The molecule has 1 heterocycles. The van der Waals surface area contributed by atoms with Crippen LogP contribution in [-0.2, 0) is 44.1 Å². The maximum absolute atomic E-state index is 13.4. The molecule has 42 heavy (non-hydrogen) atoms. The highest BCUT2D eigenvalue weighted by Gasteiger charge is 2.41. The molecule has 12 heteroatoms. The van der Waals surface area contributed by atoms with E-state index in [9.17, 15) is 23.6 Å². The molecule has 0 aromatic heterocycles. The predicted octanol–water partition coefficient (Wildman–Crippen LogP) is 2.70. The first-order valence-corrected chi connectivity index (χ1v) is 13.6. The highest BCUT2D eigenvalue weighted by atomic mass is 19.1. The molecule has 0 spiro atoms. The number of methoxy groups -OCH3 is 1. The first-order valence-electron chi connectivity index (χ1n) is 13.6. The second-order valence-electron chi connectivity index (χ2n) is 10.8. The number of benzene rings is 2. The van der Waals surface area contributed by atoms with E-state index in [1.54, 1.807) is 26.2 Å². The van der Waals surface area contributed by atoms with Gasteiger partial charge in [-0.2, -0.15) is 0 Å². The number of carboxylic acids is 3. The van der Waals surface area contributed by atoms with Gasteiger partial charge in [-0.3, -0.25) is 19.3 Å². The van der Waals surface area contributed by atoms with Crippen LogP contribution in [0.5, 0.6) is 5.75 Å². The lowest BCUT2D eigenvalue weighted by Gasteiger charge is -2.43. The van der Waals surface area contributed by atoms with E-state index < -0.39 is 41.9 Å². The van der Waals surface area contributed by atoms with Crippen molar-refractivity contribution in [2.45, 2.75) is 69.6 Å². The normalized spacial score (nSPS) is 16.0. The van der Waals surface area contributed by atoms with E-state index in [2.05, 4.69) is 22.3 Å². The average molecular weight is 589 g/mol. The molecule has 0 saturated carbocycles. The lowest BCUT2D eigenvalue weighted by atomic mass is 9.80. The summed E-state index contributed by atoms with van der Waals surface area (Å²) in [5.41, 5.74) is 1.92. The number of aliphatic hydroxyl groups is 1. The number of halogens is 1. The Bertz CT molecular complexity index is 1290. The first kappa shape index (κ1) is 32.5. The summed E-state index contributed by atoms with van der Waals surface area (Å²) in [6.07, 6.45) is 2.83. The number of rotatable bonds is 10. The minimum atomic E-state index is -2.74. The zero-order valence-corrected chi connectivity index (χ0v) is 23.7. The van der Waals surface area contributed by atoms with Gasteiger partial charge in [-0.15, -0.1) is 0 Å². The van der Waals surface area contributed by atoms with Crippen LogP contribution in [-0.4, -0.2) is 74.9 Å². The van der Waals surface area contributed by atoms with Crippen LogP contribution in [0.2, 0.25) is 0 Å². The molecule has 1 amide bonds. The summed E-state index contributed by atoms with van der Waals surface area (Å²) >= 11 is 0. The van der Waals surface area contributed by atoms with Crippen molar-refractivity contribution < 1.29 is 48.7 Å². The van der Waals surface area contributed by atoms with E-state index in [1.807, 2.05) is 0 Å². The third-order valence-corrected chi connectivity index (χ3v) is 7.70. The molecule has 11 nitrogen and oxygen atoms in total. The van der Waals surface area contributed by atoms with Crippen LogP contribution >= 0.6 is 0 Å². The van der Waals surface area contributed by atoms with Gasteiger partial charge in [-0.25, -0.2) is 9.18 Å². The van der Waals surface area contributed by atoms with Gasteiger partial charge in [0.25, 0.3) is 0 Å². The number of carboxylic acid groups (broad SMARTS) is 3. The van der Waals surface area contributed by atoms with Crippen LogP contribution in [0.15, 0.2) is 36.4 Å². The number of nitrogens with zero attached hydrogens (tertiary/aromatic N) is 1. The van der Waals surface area contributed by atoms with Gasteiger partial charge in [0.15, 0.2) is 5.60 Å². The van der Waals surface area contributed by atoms with Crippen molar-refractivity contribution in [3.05, 3.63) is 64.5 Å². The van der Waals surface area contributed by atoms with Gasteiger partial charge >= 0.3 is 17.9 Å². The predicted molar refractivity (Wildman–Crippen MR) is 149 cm³/mol. The van der Waals surface area contributed by atoms with E-state index in [0.29, 0.717) is 0 Å². The molecule has 0 atom stereocenters. The maximum atomic E-state index is 13.4. The summed E-state index contributed by atoms with van der Waals surface area (Å²) in [5, 5.41) is 37.0. The Kier molecular flexibility index (Phi) is 10.6. The van der Waals surface area contributed by atoms with Crippen LogP contribution in [0.4, 0.5) is 4.39 Å². The third-order valence-electron chi connectivity index (χ3n) is 7.70. The SMILES string of the molecule is COc1cc2c(cc1CN1CCC(NC(C)=O)(c3ccc(F)cc3)CC1)CCC2.O=C(O)CC(O)(CC(=O)O)C(=O)O. The van der Waals surface area contributed by atoms with Gasteiger partial charge in [0, 0.05) is 32.1 Å². The number of aryl methyl sites for hydroxylation is 2. The maximum Gasteiger partial charge on any atom is 0.336 e. The number of hydrogen-bond donors (Lipinski definition) is 5. The minimum absolute atomic E-state index is 0.0527. The van der Waals surface area contributed by atoms with Crippen molar-refractivity contribution >= 4 is 23.8 Å². The molecule has 2 aliphatic rings. The Hall–Kier alpha value is -4.03. The fraction of sp³-hybridized carbons (Fsp3) is 0.467. The first-order chi connectivity index (χ1) is 19.8. The Morgan fingerprint density at radius 2 is 1.52 bits per heavy atom. The van der Waals surface area contributed by atoms with E-state index in [1.165, 1.54) is 35.2 Å². The number of nitrogens with one attached hydrogen (secondary N) is 1. The monoisotopic (exact) mass is 588 g/mol. The molecule has 0 radical (unpaired) electrons. The number of likely N-dealkylation sites (tertiary alicyclic amines) is 1. The molecule has 4 rings (SSSR count). The largest absolute Gasteiger partial charge is 0.496 e. The third kappa shape index (κ3) is 8.26. The number of carbonyl (C=O) groups is 4. The molecule has 0 bridgehead atoms. The molecule has 1 fully saturated rings. The van der Waals surface area contributed by atoms with Crippen molar-refractivity contribution in [2.75, 3.05) is 20.2 Å². The Labute approximate surface area is 242 Å². The highest BCUT2D eigenvalue weighted by Crippen LogP contribution is 2.35. The van der Waals surface area contributed by atoms with E-state index in [0.717, 1.165) is 56.6 Å². The molecule has 0 unspecified atom stereocenters. The lowest BCUT2D eigenvalue weighted by Crippen LogP contribution is -2.52. The molecule has 2 aromatic rings. The van der Waals surface area contributed by atoms with Crippen LogP contribution in [0.25, 0.3) is 0 Å². The summed E-state index contributed by atoms with van der Waals surface area (Å²) in [6.45, 7) is 4.11. The topological polar surface area (TPSA) is 174 Å². The van der Waals surface area contributed by atoms with Crippen LogP contribution in [0, 0.1) is 5.82 Å². The fourth-order valence-electron chi connectivity index (χ4n) is 5.61. The van der Waals surface area contributed by atoms with Crippen molar-refractivity contribution in [3.8, 4) is 5.75 Å². The van der Waals surface area contributed by atoms with E-state index >= 15 is 0 Å². The molecule has 1 aliphatic carbocycles. The van der Waals surface area contributed by atoms with E-state index in [-0.39, 0.29) is 11.7 Å². The number of amides is 1. The standard InChI is InChI=1S/C24H29FN2O2.C6H8O7/c1-17(28)26-24(21-6-8-22(25)9-7-21)10-12-27(13-11-24)16-20-14-18-4-3-5-19(18)15-23(20)29-2;7-3(8)1-6(13,5(11)12)2-4(9)10/h6-9,14-15H,3-5,10-13,16H2,1-2H3,(H,26,28);13H,1-2H2,(H,7,8)(H,9,10)(H,11,12). The smallest absolute Gasteiger partial charge is 0.336 e. The molecule has 228 valence electrons. The molecular weight excluding hydrogens is 551 g/mol. The van der Waals surface area contributed by atoms with Gasteiger partial charge in [-0.05, 0) is 67.0 Å². The van der Waals surface area contributed by atoms with Crippen molar-refractivity contribution in [1.29, 1.82) is 0 Å². The van der Waals surface area contributed by atoms with Crippen molar-refractivity contribution in [2.24, 2.45) is 0 Å². The number of piperidine rings is 1. The highest BCUT2D eigenvalue weighted by molar-refractivity contribution is 5.88. The number of carbonyl (C=O) groups excluding carboxylic acids is 1. The zero-order valence-electron chi connectivity index (χ0n) is 23.7. The van der Waals surface area contributed by atoms with Crippen molar-refractivity contribution in [3.63, 3.8) is 0 Å². The Morgan fingerprint density at radius 3 is 2.00 bits per heavy atom. The van der Waals surface area contributed by atoms with Gasteiger partial charge in [0.05, 0.1) is 25.5 Å². The van der Waals surface area contributed by atoms with Gasteiger partial charge < -0.3 is 30.5 Å². The van der Waals surface area contributed by atoms with Crippen LogP contribution in [0.1, 0.15) is 61.3 Å². The summed E-state index contributed by atoms with van der Waals surface area (Å²) in [4.78, 5) is 44.8. The number of ether oxygens (including phenoxy) is 1. The quantitative estimate of drug-likeness (QED) is 0.278. The second-order valence-corrected chi connectivity index (χ2v) is 10.8. The number of aliphatic carboxylic acids is 3. The fourth-order valence-corrected chi connectivity index (χ4v) is 5.61. The Morgan fingerprint density at radius 1 is 0.976 bits per heavy atom. The summed E-state index contributed by atoms with van der Waals surface area (Å²) in [7, 11) is 1.74. The van der Waals surface area contributed by atoms with Crippen molar-refractivity contribution in [1.82, 2.24) is 10.2 Å². The minimum Gasteiger partial charge on any atom is -0.496 e. The van der Waals surface area contributed by atoms with Gasteiger partial charge in [0.2, 0.25) is 5.91 Å². The lowest BCUT2D eigenvalue weighted by molar-refractivity contribution is -0.170. The van der Waals surface area contributed by atoms with Gasteiger partial charge in [0.1, 0.15) is 11.6 Å². The van der Waals surface area contributed by atoms with E-state index in [4.69, 9.17) is 25.2 Å². The summed E-state index contributed by atoms with van der Waals surface area (Å²) < 4.78 is 19.1. The zero-order chi connectivity index (χ0) is 31.1. The van der Waals surface area contributed by atoms with Gasteiger partial charge in [-0.1, -0.05) is 18.2 Å². The van der Waals surface area contributed by atoms with Crippen LogP contribution in [0.3, 0.4) is 0 Å². The van der Waals surface area contributed by atoms with Crippen LogP contribution < -0.4 is 10.1 Å². The number of hydrogen-bond acceptors (Lipinski definition) is 7. The Balaban J connectivity index is 0.000000316. The molecule has 5 N–H and O–H groups in total. The second kappa shape index (κ2) is 13.8. The number of fused-ring (bicyclic) bond motifs is 1. The molecule has 1 saturated heterocycles. The summed E-state index contributed by atoms with van der Waals surface area (Å²) in [6, 6.07) is 11.1. The average Bonchev–Trinajstić information content (AvgIpc) is 3.36. The molecular formula is C30H37FN2O9. The molecule has 2 aromatic carbocycles.